The van der Waals surface area contributed by atoms with Crippen LogP contribution in [-0.4, -0.2) is 57.2 Å². The fourth-order valence-electron chi connectivity index (χ4n) is 2.90. The van der Waals surface area contributed by atoms with Gasteiger partial charge in [-0.05, 0) is 7.05 Å². The van der Waals surface area contributed by atoms with Gasteiger partial charge in [-0.3, -0.25) is 23.8 Å². The number of rotatable bonds is 4. The number of nitrogens with zero attached hydrogens (tertiary/aromatic N) is 4. The highest BCUT2D eigenvalue weighted by molar-refractivity contribution is 7.44. The molecule has 25 heavy (non-hydrogen) atoms. The monoisotopic (exact) mass is 374 g/mol. The molecule has 1 fully saturated rings. The highest BCUT2D eigenvalue weighted by Crippen LogP contribution is 2.31. The molecule has 0 aromatic carbocycles. The van der Waals surface area contributed by atoms with Crippen LogP contribution in [0.3, 0.4) is 0 Å². The van der Waals surface area contributed by atoms with Gasteiger partial charge in [0.2, 0.25) is 5.52 Å². The zero-order valence-electron chi connectivity index (χ0n) is 13.7. The Hall–Kier alpha value is -1.82. The Morgan fingerprint density at radius 1 is 1.60 bits per heavy atom. The van der Waals surface area contributed by atoms with Crippen molar-refractivity contribution in [3.05, 3.63) is 16.7 Å². The van der Waals surface area contributed by atoms with Crippen LogP contribution in [0.5, 0.6) is 0 Å². The summed E-state index contributed by atoms with van der Waals surface area (Å²) in [5.74, 6) is -0.0194. The van der Waals surface area contributed by atoms with E-state index in [0.717, 1.165) is 0 Å². The lowest BCUT2D eigenvalue weighted by Gasteiger charge is -2.35. The number of fused-ring (bicyclic) bond motifs is 1. The molecule has 3 heterocycles. The second kappa shape index (κ2) is 6.48. The second-order valence-electron chi connectivity index (χ2n) is 5.96. The van der Waals surface area contributed by atoms with Gasteiger partial charge in [-0.25, -0.2) is 4.57 Å². The molecule has 1 aliphatic rings. The molecule has 3 atom stereocenters. The van der Waals surface area contributed by atoms with E-state index >= 15 is 0 Å². The molecule has 1 unspecified atom stereocenters. The molecular formula is C12H19N6O6P. The smallest absolute Gasteiger partial charge is 0.313 e. The molecule has 12 nitrogen and oxygen atoms in total. The van der Waals surface area contributed by atoms with Gasteiger partial charge in [-0.2, -0.15) is 0 Å². The zero-order valence-corrected chi connectivity index (χ0v) is 14.5. The number of anilines is 1. The molecule has 0 bridgehead atoms. The molecule has 13 heteroatoms. The lowest BCUT2D eigenvalue weighted by molar-refractivity contribution is -0.747. The third-order valence-corrected chi connectivity index (χ3v) is 4.33. The number of morpholine rings is 1. The molecule has 3 rings (SSSR count). The predicted molar refractivity (Wildman–Crippen MR) is 83.1 cm³/mol. The minimum Gasteiger partial charge on any atom is -0.756 e. The molecule has 0 saturated carbocycles. The Balaban J connectivity index is 1.92. The van der Waals surface area contributed by atoms with E-state index in [4.69, 9.17) is 15.4 Å². The maximum Gasteiger partial charge on any atom is 0.313 e. The topological polar surface area (TPSA) is 163 Å². The molecule has 138 valence electrons. The molecule has 2 aromatic heterocycles. The average molecular weight is 374 g/mol. The average Bonchev–Trinajstić information content (AvgIpc) is 2.81. The van der Waals surface area contributed by atoms with E-state index in [1.807, 2.05) is 11.9 Å². The SMILES string of the molecule is CN1C[C@@H](COP(=O)([O-])O)O[C@@H]([n+]2cn(C)c3c(=O)[nH]c(N)nc32)C1. The largest absolute Gasteiger partial charge is 0.756 e. The first-order valence-electron chi connectivity index (χ1n) is 7.42. The molecule has 1 saturated heterocycles. The van der Waals surface area contributed by atoms with Gasteiger partial charge in [0, 0.05) is 6.54 Å². The van der Waals surface area contributed by atoms with Gasteiger partial charge in [0.25, 0.3) is 19.3 Å². The number of H-pyrrole nitrogens is 1. The molecule has 1 aliphatic heterocycles. The van der Waals surface area contributed by atoms with Crippen LogP contribution in [0.4, 0.5) is 5.95 Å². The van der Waals surface area contributed by atoms with Crippen molar-refractivity contribution in [2.45, 2.75) is 12.3 Å². The van der Waals surface area contributed by atoms with E-state index < -0.39 is 20.2 Å². The normalized spacial score (nSPS) is 24.5. The molecule has 2 aromatic rings. The highest BCUT2D eigenvalue weighted by Gasteiger charge is 2.33. The van der Waals surface area contributed by atoms with E-state index in [1.54, 1.807) is 22.5 Å². The maximum absolute atomic E-state index is 12.1. The summed E-state index contributed by atoms with van der Waals surface area (Å²) in [5.41, 5.74) is 5.93. The van der Waals surface area contributed by atoms with Crippen molar-refractivity contribution in [1.29, 1.82) is 0 Å². The summed E-state index contributed by atoms with van der Waals surface area (Å²) >= 11 is 0. The number of likely N-dealkylation sites (N-methyl/N-ethyl adjacent to an activating group) is 1. The van der Waals surface area contributed by atoms with Crippen molar-refractivity contribution >= 4 is 24.9 Å². The standard InChI is InChI=1S/C12H19N6O6P/c1-16-3-7(5-23-25(20,21)22)24-8(4-16)18-6-17(2)9-10(18)14-12(13)15-11(9)19/h6-8H,3-5H2,1-2H3,(H4-,13,14,15,19,20,21,22)/t7-,8+/m0/s1. The van der Waals surface area contributed by atoms with Crippen LogP contribution in [-0.2, 0) is 20.9 Å². The van der Waals surface area contributed by atoms with Crippen LogP contribution in [0.2, 0.25) is 0 Å². The number of aromatic amines is 1. The maximum atomic E-state index is 12.1. The number of hydrogen-bond donors (Lipinski definition) is 3. The first kappa shape index (κ1) is 18.0. The quantitative estimate of drug-likeness (QED) is 0.386. The number of aromatic nitrogens is 4. The Labute approximate surface area is 142 Å². The number of hydrogen-bond acceptors (Lipinski definition) is 8. The Morgan fingerprint density at radius 2 is 2.32 bits per heavy atom. The van der Waals surface area contributed by atoms with Gasteiger partial charge >= 0.3 is 5.65 Å². The zero-order chi connectivity index (χ0) is 18.4. The van der Waals surface area contributed by atoms with Crippen LogP contribution in [0.1, 0.15) is 6.23 Å². The highest BCUT2D eigenvalue weighted by atomic mass is 31.2. The van der Waals surface area contributed by atoms with Gasteiger partial charge in [0.05, 0.1) is 26.3 Å². The number of ether oxygens (including phenoxy) is 1. The van der Waals surface area contributed by atoms with Crippen LogP contribution < -0.4 is 20.8 Å². The summed E-state index contributed by atoms with van der Waals surface area (Å²) in [4.78, 5) is 40.1. The minimum atomic E-state index is -4.83. The van der Waals surface area contributed by atoms with E-state index in [0.29, 0.717) is 24.3 Å². The van der Waals surface area contributed by atoms with Crippen molar-refractivity contribution < 1.29 is 28.2 Å². The van der Waals surface area contributed by atoms with E-state index in [1.165, 1.54) is 0 Å². The second-order valence-corrected chi connectivity index (χ2v) is 7.15. The number of aryl methyl sites for hydroxylation is 1. The number of nitrogens with two attached hydrogens (primary N) is 1. The van der Waals surface area contributed by atoms with Crippen LogP contribution in [0.25, 0.3) is 11.2 Å². The Bertz CT molecular complexity index is 890. The molecule has 0 spiro atoms. The first-order valence-corrected chi connectivity index (χ1v) is 8.92. The number of nitrogens with one attached hydrogen (secondary N) is 1. The third kappa shape index (κ3) is 3.89. The van der Waals surface area contributed by atoms with Crippen molar-refractivity contribution in [3.8, 4) is 0 Å². The van der Waals surface area contributed by atoms with Crippen molar-refractivity contribution in [2.75, 3.05) is 32.5 Å². The van der Waals surface area contributed by atoms with E-state index in [2.05, 4.69) is 14.5 Å². The van der Waals surface area contributed by atoms with Gasteiger partial charge in [0.15, 0.2) is 12.6 Å². The van der Waals surface area contributed by atoms with Crippen LogP contribution >= 0.6 is 7.82 Å². The van der Waals surface area contributed by atoms with Crippen molar-refractivity contribution in [1.82, 2.24) is 19.4 Å². The Kier molecular flexibility index (Phi) is 4.66. The first-order chi connectivity index (χ1) is 11.6. The van der Waals surface area contributed by atoms with Gasteiger partial charge < -0.3 is 24.8 Å². The van der Waals surface area contributed by atoms with E-state index in [9.17, 15) is 14.3 Å². The summed E-state index contributed by atoms with van der Waals surface area (Å²) in [7, 11) is -1.30. The summed E-state index contributed by atoms with van der Waals surface area (Å²) in [6.07, 6.45) is 0.508. The molecule has 0 radical (unpaired) electrons. The fourth-order valence-corrected chi connectivity index (χ4v) is 3.25. The summed E-state index contributed by atoms with van der Waals surface area (Å²) in [6, 6.07) is 0. The Morgan fingerprint density at radius 3 is 3.00 bits per heavy atom. The fraction of sp³-hybridized carbons (Fsp3) is 0.583. The third-order valence-electron chi connectivity index (χ3n) is 3.86. The van der Waals surface area contributed by atoms with Gasteiger partial charge in [-0.15, -0.1) is 0 Å². The predicted octanol–water partition coefficient (Wildman–Crippen LogP) is -2.56. The summed E-state index contributed by atoms with van der Waals surface area (Å²) in [5, 5.41) is 0. The minimum absolute atomic E-state index is 0.0194. The summed E-state index contributed by atoms with van der Waals surface area (Å²) in [6.45, 7) is 0.570. The number of nitrogen functional groups attached to an aromatic ring is 1. The number of phosphoric acid groups is 1. The van der Waals surface area contributed by atoms with Gasteiger partial charge in [-0.1, -0.05) is 4.98 Å². The van der Waals surface area contributed by atoms with Gasteiger partial charge in [0.1, 0.15) is 0 Å². The van der Waals surface area contributed by atoms with Crippen molar-refractivity contribution in [3.63, 3.8) is 0 Å². The lowest BCUT2D eigenvalue weighted by atomic mass is 10.3. The van der Waals surface area contributed by atoms with Crippen LogP contribution in [0, 0.1) is 0 Å². The molecule has 0 amide bonds. The van der Waals surface area contributed by atoms with E-state index in [-0.39, 0.29) is 18.1 Å². The number of imidazole rings is 1. The summed E-state index contributed by atoms with van der Waals surface area (Å²) < 4.78 is 24.3. The lowest BCUT2D eigenvalue weighted by Crippen LogP contribution is -2.54. The molecule has 0 aliphatic carbocycles. The molecular weight excluding hydrogens is 355 g/mol. The molecule has 4 N–H and O–H groups in total. The van der Waals surface area contributed by atoms with Crippen molar-refractivity contribution in [2.24, 2.45) is 7.05 Å². The van der Waals surface area contributed by atoms with Crippen LogP contribution in [0.15, 0.2) is 11.1 Å². The number of phosphoric ester groups is 1.